The molecule has 1 heterocycles. The smallest absolute Gasteiger partial charge is 0.344 e. The van der Waals surface area contributed by atoms with E-state index >= 15 is 0 Å². The molecule has 0 aliphatic heterocycles. The number of carbonyl (C=O) groups excluding carboxylic acids is 2. The SMILES string of the molecule is Cc1ccc2c(COC(=O)COc3ccc(C(=O)c4ccccc4)cc3)cc(=O)oc2c1. The van der Waals surface area contributed by atoms with Gasteiger partial charge in [-0.25, -0.2) is 9.59 Å². The van der Waals surface area contributed by atoms with E-state index in [1.807, 2.05) is 37.3 Å². The van der Waals surface area contributed by atoms with Crippen molar-refractivity contribution < 1.29 is 23.5 Å². The van der Waals surface area contributed by atoms with Gasteiger partial charge in [0.15, 0.2) is 12.4 Å². The lowest BCUT2D eigenvalue weighted by Gasteiger charge is -2.09. The normalized spacial score (nSPS) is 10.7. The van der Waals surface area contributed by atoms with Gasteiger partial charge in [0.25, 0.3) is 0 Å². The van der Waals surface area contributed by atoms with Crippen molar-refractivity contribution in [1.82, 2.24) is 0 Å². The van der Waals surface area contributed by atoms with E-state index in [4.69, 9.17) is 13.9 Å². The van der Waals surface area contributed by atoms with E-state index in [1.165, 1.54) is 6.07 Å². The molecule has 32 heavy (non-hydrogen) atoms. The molecule has 0 atom stereocenters. The summed E-state index contributed by atoms with van der Waals surface area (Å²) in [6, 6.07) is 22.3. The molecule has 6 nitrogen and oxygen atoms in total. The van der Waals surface area contributed by atoms with E-state index in [0.717, 1.165) is 5.56 Å². The molecule has 0 N–H and O–H groups in total. The molecule has 0 spiro atoms. The molecule has 0 fully saturated rings. The Morgan fingerprint density at radius 3 is 2.34 bits per heavy atom. The van der Waals surface area contributed by atoms with E-state index < -0.39 is 11.6 Å². The van der Waals surface area contributed by atoms with Crippen LogP contribution < -0.4 is 10.4 Å². The third-order valence-electron chi connectivity index (χ3n) is 4.88. The van der Waals surface area contributed by atoms with Crippen LogP contribution in [0.1, 0.15) is 27.0 Å². The zero-order chi connectivity index (χ0) is 22.5. The van der Waals surface area contributed by atoms with Crippen molar-refractivity contribution in [3.8, 4) is 5.75 Å². The second-order valence-corrected chi connectivity index (χ2v) is 7.26. The van der Waals surface area contributed by atoms with Gasteiger partial charge >= 0.3 is 11.6 Å². The summed E-state index contributed by atoms with van der Waals surface area (Å²) in [6.45, 7) is 1.52. The highest BCUT2D eigenvalue weighted by atomic mass is 16.6. The Labute approximate surface area is 184 Å². The highest BCUT2D eigenvalue weighted by Crippen LogP contribution is 2.19. The van der Waals surface area contributed by atoms with E-state index in [0.29, 0.717) is 33.4 Å². The highest BCUT2D eigenvalue weighted by Gasteiger charge is 2.11. The summed E-state index contributed by atoms with van der Waals surface area (Å²) in [7, 11) is 0. The van der Waals surface area contributed by atoms with Crippen LogP contribution in [0, 0.1) is 6.92 Å². The Morgan fingerprint density at radius 1 is 0.875 bits per heavy atom. The van der Waals surface area contributed by atoms with Crippen LogP contribution in [0.5, 0.6) is 5.75 Å². The molecule has 0 aliphatic carbocycles. The molecule has 4 aromatic rings. The Morgan fingerprint density at radius 2 is 1.59 bits per heavy atom. The summed E-state index contributed by atoms with van der Waals surface area (Å²) in [5, 5.41) is 0.711. The molecule has 160 valence electrons. The summed E-state index contributed by atoms with van der Waals surface area (Å²) in [6.07, 6.45) is 0. The number of fused-ring (bicyclic) bond motifs is 1. The highest BCUT2D eigenvalue weighted by molar-refractivity contribution is 6.09. The number of rotatable bonds is 7. The summed E-state index contributed by atoms with van der Waals surface area (Å²) >= 11 is 0. The van der Waals surface area contributed by atoms with E-state index in [-0.39, 0.29) is 19.0 Å². The van der Waals surface area contributed by atoms with Crippen molar-refractivity contribution >= 4 is 22.7 Å². The number of esters is 1. The Kier molecular flexibility index (Phi) is 6.12. The van der Waals surface area contributed by atoms with Crippen molar-refractivity contribution in [2.75, 3.05) is 6.61 Å². The van der Waals surface area contributed by atoms with E-state index in [2.05, 4.69) is 0 Å². The standard InChI is InChI=1S/C26H20O6/c1-17-7-12-22-20(14-24(27)32-23(22)13-17)15-31-25(28)16-30-21-10-8-19(9-11-21)26(29)18-5-3-2-4-6-18/h2-14H,15-16H2,1H3. The van der Waals surface area contributed by atoms with Gasteiger partial charge in [-0.05, 0) is 42.8 Å². The maximum absolute atomic E-state index is 12.4. The monoisotopic (exact) mass is 428 g/mol. The maximum atomic E-state index is 12.4. The van der Waals surface area contributed by atoms with Gasteiger partial charge in [0, 0.05) is 28.1 Å². The minimum atomic E-state index is -0.581. The lowest BCUT2D eigenvalue weighted by atomic mass is 10.0. The number of hydrogen-bond acceptors (Lipinski definition) is 6. The lowest BCUT2D eigenvalue weighted by molar-refractivity contribution is -0.147. The Bertz CT molecular complexity index is 1320. The minimum Gasteiger partial charge on any atom is -0.482 e. The maximum Gasteiger partial charge on any atom is 0.344 e. The van der Waals surface area contributed by atoms with Crippen LogP contribution in [-0.2, 0) is 16.1 Å². The van der Waals surface area contributed by atoms with Crippen LogP contribution in [-0.4, -0.2) is 18.4 Å². The van der Waals surface area contributed by atoms with Gasteiger partial charge in [0.2, 0.25) is 0 Å². The number of carbonyl (C=O) groups is 2. The predicted octanol–water partition coefficient (Wildman–Crippen LogP) is 4.45. The van der Waals surface area contributed by atoms with Gasteiger partial charge in [-0.15, -0.1) is 0 Å². The van der Waals surface area contributed by atoms with Crippen molar-refractivity contribution in [3.63, 3.8) is 0 Å². The molecule has 4 rings (SSSR count). The fraction of sp³-hybridized carbons (Fsp3) is 0.115. The predicted molar refractivity (Wildman–Crippen MR) is 119 cm³/mol. The number of hydrogen-bond donors (Lipinski definition) is 0. The first-order valence-corrected chi connectivity index (χ1v) is 10.0. The van der Waals surface area contributed by atoms with Gasteiger partial charge in [0.1, 0.15) is 17.9 Å². The summed E-state index contributed by atoms with van der Waals surface area (Å²) < 4.78 is 15.9. The molecule has 0 radical (unpaired) electrons. The molecule has 6 heteroatoms. The van der Waals surface area contributed by atoms with Crippen molar-refractivity contribution in [1.29, 1.82) is 0 Å². The van der Waals surface area contributed by atoms with Gasteiger partial charge in [-0.3, -0.25) is 4.79 Å². The largest absolute Gasteiger partial charge is 0.482 e. The number of benzene rings is 3. The third kappa shape index (κ3) is 4.92. The molecule has 0 bridgehead atoms. The van der Waals surface area contributed by atoms with Crippen molar-refractivity contribution in [3.05, 3.63) is 112 Å². The number of ketones is 1. The molecule has 0 aliphatic rings. The molecule has 0 unspecified atom stereocenters. The molecule has 0 saturated carbocycles. The number of ether oxygens (including phenoxy) is 2. The topological polar surface area (TPSA) is 82.8 Å². The first-order chi connectivity index (χ1) is 15.5. The minimum absolute atomic E-state index is 0.0716. The zero-order valence-corrected chi connectivity index (χ0v) is 17.4. The second kappa shape index (κ2) is 9.31. The molecule has 1 aromatic heterocycles. The second-order valence-electron chi connectivity index (χ2n) is 7.26. The van der Waals surface area contributed by atoms with Gasteiger partial charge in [-0.2, -0.15) is 0 Å². The Balaban J connectivity index is 1.34. The average molecular weight is 428 g/mol. The lowest BCUT2D eigenvalue weighted by Crippen LogP contribution is -2.15. The van der Waals surface area contributed by atoms with Crippen molar-refractivity contribution in [2.45, 2.75) is 13.5 Å². The quantitative estimate of drug-likeness (QED) is 0.246. The third-order valence-corrected chi connectivity index (χ3v) is 4.88. The van der Waals surface area contributed by atoms with Crippen LogP contribution in [0.15, 0.2) is 88.1 Å². The van der Waals surface area contributed by atoms with Crippen LogP contribution in [0.25, 0.3) is 11.0 Å². The van der Waals surface area contributed by atoms with Gasteiger partial charge in [0.05, 0.1) is 0 Å². The number of aryl methyl sites for hydroxylation is 1. The first kappa shape index (κ1) is 21.1. The van der Waals surface area contributed by atoms with Crippen molar-refractivity contribution in [2.24, 2.45) is 0 Å². The summed E-state index contributed by atoms with van der Waals surface area (Å²) in [5.74, 6) is -0.234. The van der Waals surface area contributed by atoms with E-state index in [9.17, 15) is 14.4 Å². The summed E-state index contributed by atoms with van der Waals surface area (Å²) in [5.41, 5.74) is 2.59. The molecular weight excluding hydrogens is 408 g/mol. The molecular formula is C26H20O6. The van der Waals surface area contributed by atoms with Crippen LogP contribution >= 0.6 is 0 Å². The molecule has 0 saturated heterocycles. The van der Waals surface area contributed by atoms with Gasteiger partial charge < -0.3 is 13.9 Å². The summed E-state index contributed by atoms with van der Waals surface area (Å²) in [4.78, 5) is 36.3. The first-order valence-electron chi connectivity index (χ1n) is 10.0. The molecule has 0 amide bonds. The average Bonchev–Trinajstić information content (AvgIpc) is 2.81. The van der Waals surface area contributed by atoms with Gasteiger partial charge in [-0.1, -0.05) is 42.5 Å². The van der Waals surface area contributed by atoms with Crippen LogP contribution in [0.2, 0.25) is 0 Å². The van der Waals surface area contributed by atoms with E-state index in [1.54, 1.807) is 42.5 Å². The Hall–Kier alpha value is -4.19. The zero-order valence-electron chi connectivity index (χ0n) is 17.4. The van der Waals surface area contributed by atoms with Crippen LogP contribution in [0.4, 0.5) is 0 Å². The molecule has 3 aromatic carbocycles. The van der Waals surface area contributed by atoms with Crippen LogP contribution in [0.3, 0.4) is 0 Å². The fourth-order valence-electron chi connectivity index (χ4n) is 3.26. The fourth-order valence-corrected chi connectivity index (χ4v) is 3.26.